The van der Waals surface area contributed by atoms with Gasteiger partial charge < -0.3 is 20.5 Å². The zero-order valence-electron chi connectivity index (χ0n) is 13.1. The van der Waals surface area contributed by atoms with Crippen molar-refractivity contribution in [1.29, 1.82) is 0 Å². The maximum atomic E-state index is 12.4. The van der Waals surface area contributed by atoms with Crippen LogP contribution in [0.2, 0.25) is 0 Å². The molecule has 0 spiro atoms. The standard InChI is InChI=1S/C19H18N2O3/c22-9-3-8-20-13-7-6-12-11-24-18(15(12)10-13)17-14-4-1-2-5-16(14)21-19(17)23/h1-2,4-7,10,20,22H,3,8-9,11H2,(H,21,23). The Morgan fingerprint density at radius 3 is 2.92 bits per heavy atom. The Balaban J connectivity index is 1.75. The van der Waals surface area contributed by atoms with Crippen LogP contribution in [0.4, 0.5) is 11.4 Å². The second kappa shape index (κ2) is 6.02. The van der Waals surface area contributed by atoms with Gasteiger partial charge in [0, 0.05) is 41.2 Å². The number of amides is 1. The lowest BCUT2D eigenvalue weighted by molar-refractivity contribution is -0.110. The fraction of sp³-hybridized carbons (Fsp3) is 0.211. The molecule has 3 N–H and O–H groups in total. The Labute approximate surface area is 140 Å². The molecule has 0 unspecified atom stereocenters. The van der Waals surface area contributed by atoms with Gasteiger partial charge in [-0.05, 0) is 24.6 Å². The molecule has 2 heterocycles. The number of carbonyl (C=O) groups excluding carboxylic acids is 1. The molecule has 0 fully saturated rings. The number of carbonyl (C=O) groups is 1. The van der Waals surface area contributed by atoms with Crippen molar-refractivity contribution < 1.29 is 14.6 Å². The van der Waals surface area contributed by atoms with Crippen molar-refractivity contribution in [2.45, 2.75) is 13.0 Å². The Hall–Kier alpha value is -2.79. The molecule has 2 aromatic carbocycles. The predicted molar refractivity (Wildman–Crippen MR) is 93.3 cm³/mol. The minimum atomic E-state index is -0.127. The third kappa shape index (κ3) is 2.43. The molecule has 4 rings (SSSR count). The molecule has 5 nitrogen and oxygen atoms in total. The van der Waals surface area contributed by atoms with E-state index in [-0.39, 0.29) is 12.5 Å². The highest BCUT2D eigenvalue weighted by molar-refractivity contribution is 6.36. The molecule has 2 aliphatic heterocycles. The van der Waals surface area contributed by atoms with Crippen molar-refractivity contribution in [2.75, 3.05) is 23.8 Å². The van der Waals surface area contributed by atoms with Crippen LogP contribution in [0.5, 0.6) is 0 Å². The number of fused-ring (bicyclic) bond motifs is 2. The van der Waals surface area contributed by atoms with Gasteiger partial charge >= 0.3 is 0 Å². The lowest BCUT2D eigenvalue weighted by Crippen LogP contribution is -2.06. The minimum Gasteiger partial charge on any atom is -0.487 e. The molecule has 0 aromatic heterocycles. The van der Waals surface area contributed by atoms with Gasteiger partial charge in [-0.15, -0.1) is 0 Å². The van der Waals surface area contributed by atoms with Crippen LogP contribution in [0.1, 0.15) is 23.1 Å². The molecule has 122 valence electrons. The topological polar surface area (TPSA) is 70.6 Å². The van der Waals surface area contributed by atoms with E-state index in [9.17, 15) is 4.79 Å². The molecule has 2 aliphatic rings. The SMILES string of the molecule is O=C1Nc2ccccc2C1=C1OCc2ccc(NCCCO)cc21. The molecular formula is C19H18N2O3. The van der Waals surface area contributed by atoms with Crippen molar-refractivity contribution in [3.05, 3.63) is 59.2 Å². The maximum Gasteiger partial charge on any atom is 0.260 e. The molecular weight excluding hydrogens is 304 g/mol. The first-order valence-electron chi connectivity index (χ1n) is 8.04. The van der Waals surface area contributed by atoms with Crippen LogP contribution >= 0.6 is 0 Å². The first kappa shape index (κ1) is 14.8. The number of hydrogen-bond acceptors (Lipinski definition) is 4. The van der Waals surface area contributed by atoms with Crippen molar-refractivity contribution >= 4 is 28.6 Å². The van der Waals surface area contributed by atoms with Crippen molar-refractivity contribution in [2.24, 2.45) is 0 Å². The summed E-state index contributed by atoms with van der Waals surface area (Å²) in [6, 6.07) is 13.7. The van der Waals surface area contributed by atoms with Gasteiger partial charge in [-0.25, -0.2) is 0 Å². The number of nitrogens with one attached hydrogen (secondary N) is 2. The summed E-state index contributed by atoms with van der Waals surface area (Å²) in [5, 5.41) is 15.1. The Kier molecular flexibility index (Phi) is 3.70. The zero-order valence-corrected chi connectivity index (χ0v) is 13.1. The number of para-hydroxylation sites is 1. The largest absolute Gasteiger partial charge is 0.487 e. The second-order valence-electron chi connectivity index (χ2n) is 5.87. The van der Waals surface area contributed by atoms with Crippen LogP contribution in [0, 0.1) is 0 Å². The lowest BCUT2D eigenvalue weighted by Gasteiger charge is -2.08. The van der Waals surface area contributed by atoms with E-state index in [0.717, 1.165) is 28.1 Å². The molecule has 24 heavy (non-hydrogen) atoms. The predicted octanol–water partition coefficient (Wildman–Crippen LogP) is 2.83. The molecule has 0 radical (unpaired) electrons. The van der Waals surface area contributed by atoms with Crippen LogP contribution in [0.3, 0.4) is 0 Å². The summed E-state index contributed by atoms with van der Waals surface area (Å²) in [6.07, 6.45) is 0.692. The number of anilines is 2. The molecule has 2 aromatic rings. The molecule has 0 bridgehead atoms. The number of aliphatic hydroxyl groups is 1. The van der Waals surface area contributed by atoms with Gasteiger partial charge in [0.15, 0.2) is 0 Å². The average molecular weight is 322 g/mol. The first-order valence-corrected chi connectivity index (χ1v) is 8.04. The maximum absolute atomic E-state index is 12.4. The van der Waals surface area contributed by atoms with Crippen molar-refractivity contribution in [1.82, 2.24) is 0 Å². The monoisotopic (exact) mass is 322 g/mol. The van der Waals surface area contributed by atoms with Crippen molar-refractivity contribution in [3.8, 4) is 0 Å². The van der Waals surface area contributed by atoms with Crippen LogP contribution in [0.15, 0.2) is 42.5 Å². The number of benzene rings is 2. The Morgan fingerprint density at radius 2 is 2.04 bits per heavy atom. The van der Waals surface area contributed by atoms with E-state index >= 15 is 0 Å². The molecule has 0 saturated carbocycles. The van der Waals surface area contributed by atoms with E-state index in [1.54, 1.807) is 0 Å². The van der Waals surface area contributed by atoms with Gasteiger partial charge in [-0.3, -0.25) is 4.79 Å². The van der Waals surface area contributed by atoms with E-state index < -0.39 is 0 Å². The van der Waals surface area contributed by atoms with Crippen LogP contribution in [-0.4, -0.2) is 24.2 Å². The lowest BCUT2D eigenvalue weighted by atomic mass is 10.00. The number of aliphatic hydroxyl groups excluding tert-OH is 1. The second-order valence-corrected chi connectivity index (χ2v) is 5.87. The van der Waals surface area contributed by atoms with Gasteiger partial charge in [0.25, 0.3) is 5.91 Å². The molecule has 0 atom stereocenters. The minimum absolute atomic E-state index is 0.127. The number of ether oxygens (including phenoxy) is 1. The summed E-state index contributed by atoms with van der Waals surface area (Å²) < 4.78 is 5.87. The summed E-state index contributed by atoms with van der Waals surface area (Å²) in [4.78, 5) is 12.4. The van der Waals surface area contributed by atoms with Gasteiger partial charge in [0.1, 0.15) is 12.4 Å². The highest BCUT2D eigenvalue weighted by Gasteiger charge is 2.32. The zero-order chi connectivity index (χ0) is 16.5. The smallest absolute Gasteiger partial charge is 0.260 e. The molecule has 5 heteroatoms. The van der Waals surface area contributed by atoms with Gasteiger partial charge in [0.2, 0.25) is 0 Å². The summed E-state index contributed by atoms with van der Waals surface area (Å²) in [5.41, 5.74) is 5.27. The molecule has 0 aliphatic carbocycles. The fourth-order valence-corrected chi connectivity index (χ4v) is 3.11. The summed E-state index contributed by atoms with van der Waals surface area (Å²) >= 11 is 0. The number of rotatable bonds is 4. The highest BCUT2D eigenvalue weighted by Crippen LogP contribution is 2.42. The van der Waals surface area contributed by atoms with Crippen molar-refractivity contribution in [3.63, 3.8) is 0 Å². The summed E-state index contributed by atoms with van der Waals surface area (Å²) in [7, 11) is 0. The van der Waals surface area contributed by atoms with Crippen LogP contribution in [-0.2, 0) is 16.1 Å². The normalized spacial score (nSPS) is 18.0. The van der Waals surface area contributed by atoms with E-state index in [2.05, 4.69) is 10.6 Å². The summed E-state index contributed by atoms with van der Waals surface area (Å²) in [5.74, 6) is 0.510. The quantitative estimate of drug-likeness (QED) is 0.598. The third-order valence-corrected chi connectivity index (χ3v) is 4.29. The van der Waals surface area contributed by atoms with E-state index in [0.29, 0.717) is 30.9 Å². The van der Waals surface area contributed by atoms with Crippen LogP contribution in [0.25, 0.3) is 11.3 Å². The number of hydrogen-bond donors (Lipinski definition) is 3. The van der Waals surface area contributed by atoms with Gasteiger partial charge in [-0.2, -0.15) is 0 Å². The Bertz CT molecular complexity index is 842. The fourth-order valence-electron chi connectivity index (χ4n) is 3.11. The van der Waals surface area contributed by atoms with E-state index in [1.165, 1.54) is 0 Å². The third-order valence-electron chi connectivity index (χ3n) is 4.29. The van der Waals surface area contributed by atoms with Crippen LogP contribution < -0.4 is 10.6 Å². The first-order chi connectivity index (χ1) is 11.8. The summed E-state index contributed by atoms with van der Waals surface area (Å²) in [6.45, 7) is 1.33. The van der Waals surface area contributed by atoms with Gasteiger partial charge in [-0.1, -0.05) is 24.3 Å². The average Bonchev–Trinajstić information content (AvgIpc) is 3.14. The van der Waals surface area contributed by atoms with Gasteiger partial charge in [0.05, 0.1) is 5.57 Å². The van der Waals surface area contributed by atoms with E-state index in [1.807, 2.05) is 42.5 Å². The molecule has 0 saturated heterocycles. The van der Waals surface area contributed by atoms with E-state index in [4.69, 9.17) is 9.84 Å². The highest BCUT2D eigenvalue weighted by atomic mass is 16.5. The Morgan fingerprint density at radius 1 is 1.17 bits per heavy atom. The molecule has 1 amide bonds.